The van der Waals surface area contributed by atoms with Crippen LogP contribution >= 0.6 is 0 Å². The summed E-state index contributed by atoms with van der Waals surface area (Å²) in [7, 11) is 0. The molecule has 0 aromatic heterocycles. The zero-order valence-corrected chi connectivity index (χ0v) is 9.56. The average Bonchev–Trinajstić information content (AvgIpc) is 2.17. The van der Waals surface area contributed by atoms with Crippen molar-refractivity contribution in [2.24, 2.45) is 0 Å². The van der Waals surface area contributed by atoms with Crippen molar-refractivity contribution in [2.45, 2.75) is 32.8 Å². The van der Waals surface area contributed by atoms with Crippen LogP contribution in [0.5, 0.6) is 5.75 Å². The summed E-state index contributed by atoms with van der Waals surface area (Å²) in [5.74, 6) is 0.111. The van der Waals surface area contributed by atoms with Crippen molar-refractivity contribution in [2.75, 3.05) is 5.32 Å². The van der Waals surface area contributed by atoms with Crippen LogP contribution in [0, 0.1) is 0 Å². The van der Waals surface area contributed by atoms with E-state index in [0.717, 1.165) is 12.8 Å². The number of phenolic OH excluding ortho intramolecular Hbond substituents is 1. The van der Waals surface area contributed by atoms with Gasteiger partial charge in [-0.05, 0) is 25.5 Å². The van der Waals surface area contributed by atoms with Crippen LogP contribution in [0.25, 0.3) is 0 Å². The number of benzene rings is 1. The molecule has 0 aliphatic carbocycles. The monoisotopic (exact) mass is 223 g/mol. The molecule has 0 saturated heterocycles. The van der Waals surface area contributed by atoms with E-state index in [1.165, 1.54) is 12.1 Å². The van der Waals surface area contributed by atoms with Crippen molar-refractivity contribution in [1.82, 2.24) is 0 Å². The summed E-state index contributed by atoms with van der Waals surface area (Å²) in [4.78, 5) is 11.4. The minimum Gasteiger partial charge on any atom is -0.508 e. The van der Waals surface area contributed by atoms with Gasteiger partial charge in [0.15, 0.2) is 0 Å². The number of phenols is 1. The van der Waals surface area contributed by atoms with E-state index in [4.69, 9.17) is 4.74 Å². The van der Waals surface area contributed by atoms with Crippen LogP contribution < -0.4 is 5.32 Å². The molecule has 1 aromatic rings. The molecule has 2 N–H and O–H groups in total. The molecule has 4 heteroatoms. The first-order valence-electron chi connectivity index (χ1n) is 5.38. The van der Waals surface area contributed by atoms with E-state index >= 15 is 0 Å². The zero-order chi connectivity index (χ0) is 12.0. The molecule has 0 bridgehead atoms. The van der Waals surface area contributed by atoms with Gasteiger partial charge in [0.1, 0.15) is 11.9 Å². The fraction of sp³-hybridized carbons (Fsp3) is 0.417. The normalized spacial score (nSPS) is 11.9. The lowest BCUT2D eigenvalue weighted by molar-refractivity contribution is 0.115. The smallest absolute Gasteiger partial charge is 0.411 e. The lowest BCUT2D eigenvalue weighted by atomic mass is 10.2. The maximum atomic E-state index is 11.4. The summed E-state index contributed by atoms with van der Waals surface area (Å²) >= 11 is 0. The number of amides is 1. The van der Waals surface area contributed by atoms with E-state index in [1.54, 1.807) is 12.1 Å². The standard InChI is InChI=1S/C12H17NO3/c1-3-5-9(2)16-12(15)13-10-6-4-7-11(14)8-10/h4,6-9,14H,3,5H2,1-2H3,(H,13,15)/t9-/m0/s1. The summed E-state index contributed by atoms with van der Waals surface area (Å²) in [6.45, 7) is 3.89. The molecular weight excluding hydrogens is 206 g/mol. The Bertz CT molecular complexity index is 352. The second-order valence-corrected chi connectivity index (χ2v) is 3.68. The molecular formula is C12H17NO3. The van der Waals surface area contributed by atoms with E-state index < -0.39 is 6.09 Å². The molecule has 1 amide bonds. The molecule has 0 spiro atoms. The first kappa shape index (κ1) is 12.4. The summed E-state index contributed by atoms with van der Waals surface area (Å²) in [6.07, 6.45) is 1.22. The van der Waals surface area contributed by atoms with Crippen LogP contribution in [0.15, 0.2) is 24.3 Å². The first-order valence-corrected chi connectivity index (χ1v) is 5.38. The maximum Gasteiger partial charge on any atom is 0.411 e. The van der Waals surface area contributed by atoms with Crippen LogP contribution in [0.3, 0.4) is 0 Å². The maximum absolute atomic E-state index is 11.4. The summed E-state index contributed by atoms with van der Waals surface area (Å²) < 4.78 is 5.10. The Morgan fingerprint density at radius 1 is 1.56 bits per heavy atom. The number of anilines is 1. The molecule has 0 heterocycles. The van der Waals surface area contributed by atoms with Crippen LogP contribution in [-0.4, -0.2) is 17.3 Å². The number of ether oxygens (including phenoxy) is 1. The Labute approximate surface area is 95.2 Å². The third-order valence-corrected chi connectivity index (χ3v) is 2.10. The SMILES string of the molecule is CCC[C@H](C)OC(=O)Nc1cccc(O)c1. The van der Waals surface area contributed by atoms with Crippen molar-refractivity contribution in [3.8, 4) is 5.75 Å². The largest absolute Gasteiger partial charge is 0.508 e. The minimum absolute atomic E-state index is 0.0951. The molecule has 0 unspecified atom stereocenters. The molecule has 1 atom stereocenters. The van der Waals surface area contributed by atoms with Crippen molar-refractivity contribution in [3.05, 3.63) is 24.3 Å². The molecule has 0 aliphatic heterocycles. The van der Waals surface area contributed by atoms with Crippen molar-refractivity contribution >= 4 is 11.8 Å². The van der Waals surface area contributed by atoms with Crippen molar-refractivity contribution in [1.29, 1.82) is 0 Å². The summed E-state index contributed by atoms with van der Waals surface area (Å²) in [5.41, 5.74) is 0.522. The Morgan fingerprint density at radius 2 is 2.31 bits per heavy atom. The fourth-order valence-electron chi connectivity index (χ4n) is 1.38. The van der Waals surface area contributed by atoms with Gasteiger partial charge in [-0.15, -0.1) is 0 Å². The minimum atomic E-state index is -0.494. The van der Waals surface area contributed by atoms with E-state index in [2.05, 4.69) is 5.32 Å². The molecule has 88 valence electrons. The third-order valence-electron chi connectivity index (χ3n) is 2.10. The highest BCUT2D eigenvalue weighted by atomic mass is 16.6. The molecule has 0 radical (unpaired) electrons. The van der Waals surface area contributed by atoms with Gasteiger partial charge in [0.2, 0.25) is 0 Å². The Balaban J connectivity index is 2.45. The van der Waals surface area contributed by atoms with Gasteiger partial charge in [-0.2, -0.15) is 0 Å². The zero-order valence-electron chi connectivity index (χ0n) is 9.56. The first-order chi connectivity index (χ1) is 7.61. The highest BCUT2D eigenvalue weighted by Crippen LogP contribution is 2.15. The Hall–Kier alpha value is -1.71. The van der Waals surface area contributed by atoms with Crippen LogP contribution in [0.2, 0.25) is 0 Å². The highest BCUT2D eigenvalue weighted by molar-refractivity contribution is 5.84. The van der Waals surface area contributed by atoms with Crippen molar-refractivity contribution < 1.29 is 14.6 Å². The fourth-order valence-corrected chi connectivity index (χ4v) is 1.38. The van der Waals surface area contributed by atoms with Gasteiger partial charge in [0, 0.05) is 11.8 Å². The Morgan fingerprint density at radius 3 is 2.94 bits per heavy atom. The lowest BCUT2D eigenvalue weighted by Gasteiger charge is -2.12. The topological polar surface area (TPSA) is 58.6 Å². The lowest BCUT2D eigenvalue weighted by Crippen LogP contribution is -2.19. The van der Waals surface area contributed by atoms with Gasteiger partial charge in [0.25, 0.3) is 0 Å². The molecule has 0 aliphatic rings. The molecule has 1 aromatic carbocycles. The third kappa shape index (κ3) is 4.21. The molecule has 0 fully saturated rings. The summed E-state index contributed by atoms with van der Waals surface area (Å²) in [5, 5.41) is 11.8. The van der Waals surface area contributed by atoms with E-state index in [-0.39, 0.29) is 11.9 Å². The number of aromatic hydroxyl groups is 1. The van der Waals surface area contributed by atoms with Crippen LogP contribution in [-0.2, 0) is 4.74 Å². The number of carbonyl (C=O) groups excluding carboxylic acids is 1. The van der Waals surface area contributed by atoms with Crippen molar-refractivity contribution in [3.63, 3.8) is 0 Å². The number of rotatable bonds is 4. The molecule has 16 heavy (non-hydrogen) atoms. The van der Waals surface area contributed by atoms with Gasteiger partial charge < -0.3 is 9.84 Å². The van der Waals surface area contributed by atoms with Gasteiger partial charge >= 0.3 is 6.09 Å². The number of carbonyl (C=O) groups is 1. The average molecular weight is 223 g/mol. The quantitative estimate of drug-likeness (QED) is 0.824. The number of hydrogen-bond donors (Lipinski definition) is 2. The summed E-state index contributed by atoms with van der Waals surface area (Å²) in [6, 6.07) is 6.34. The van der Waals surface area contributed by atoms with Gasteiger partial charge in [0.05, 0.1) is 0 Å². The van der Waals surface area contributed by atoms with Gasteiger partial charge in [-0.25, -0.2) is 4.79 Å². The van der Waals surface area contributed by atoms with E-state index in [1.807, 2.05) is 13.8 Å². The van der Waals surface area contributed by atoms with Crippen LogP contribution in [0.4, 0.5) is 10.5 Å². The predicted molar refractivity (Wildman–Crippen MR) is 62.6 cm³/mol. The second-order valence-electron chi connectivity index (χ2n) is 3.68. The highest BCUT2D eigenvalue weighted by Gasteiger charge is 2.08. The second kappa shape index (κ2) is 6.00. The molecule has 1 rings (SSSR count). The van der Waals surface area contributed by atoms with E-state index in [9.17, 15) is 9.90 Å². The number of nitrogens with one attached hydrogen (secondary N) is 1. The Kier molecular flexibility index (Phi) is 4.64. The molecule has 4 nitrogen and oxygen atoms in total. The predicted octanol–water partition coefficient (Wildman–Crippen LogP) is 3.13. The van der Waals surface area contributed by atoms with Gasteiger partial charge in [-0.3, -0.25) is 5.32 Å². The van der Waals surface area contributed by atoms with Gasteiger partial charge in [-0.1, -0.05) is 19.4 Å². The number of hydrogen-bond acceptors (Lipinski definition) is 3. The molecule has 0 saturated carbocycles. The van der Waals surface area contributed by atoms with Crippen LogP contribution in [0.1, 0.15) is 26.7 Å². The van der Waals surface area contributed by atoms with E-state index in [0.29, 0.717) is 5.69 Å².